The number of anilines is 2. The highest BCUT2D eigenvalue weighted by molar-refractivity contribution is 5.99. The van der Waals surface area contributed by atoms with Crippen molar-refractivity contribution >= 4 is 54.5 Å². The van der Waals surface area contributed by atoms with Crippen LogP contribution in [0.15, 0.2) is 146 Å². The Kier molecular flexibility index (Phi) is 7.08. The largest absolute Gasteiger partial charge is 0.453 e. The van der Waals surface area contributed by atoms with Crippen LogP contribution in [0.4, 0.5) is 11.4 Å². The molecular formula is C46H37NO. The number of rotatable bonds is 7. The molecule has 0 fully saturated rings. The zero-order valence-corrected chi connectivity index (χ0v) is 27.2. The summed E-state index contributed by atoms with van der Waals surface area (Å²) in [4.78, 5) is 2.51. The second-order valence-electron chi connectivity index (χ2n) is 13.2. The first-order chi connectivity index (χ1) is 23.7. The van der Waals surface area contributed by atoms with Crippen LogP contribution in [-0.2, 0) is 0 Å². The molecule has 0 bridgehead atoms. The molecule has 0 unspecified atom stereocenters. The molecule has 0 aromatic heterocycles. The highest BCUT2D eigenvalue weighted by Gasteiger charge is 2.26. The van der Waals surface area contributed by atoms with Gasteiger partial charge >= 0.3 is 0 Å². The molecule has 0 saturated carbocycles. The quantitative estimate of drug-likeness (QED) is 0.165. The van der Waals surface area contributed by atoms with E-state index in [0.717, 1.165) is 35.8 Å². The van der Waals surface area contributed by atoms with E-state index < -0.39 is 0 Å². The highest BCUT2D eigenvalue weighted by Crippen LogP contribution is 2.50. The number of benzene rings is 8. The first-order valence-electron chi connectivity index (χ1n) is 17.3. The summed E-state index contributed by atoms with van der Waals surface area (Å²) in [5.41, 5.74) is 7.22. The SMILES string of the molecule is CCCCCCN1c2cc3cc(-c4ccc5ccccc5c4)ccc3cc2Oc2cc3ccc(-c4ccc5ccccc5c4)cc3cc21. The Bertz CT molecular complexity index is 2320. The highest BCUT2D eigenvalue weighted by atomic mass is 16.5. The Morgan fingerprint density at radius 3 is 1.29 bits per heavy atom. The van der Waals surface area contributed by atoms with Gasteiger partial charge < -0.3 is 9.64 Å². The van der Waals surface area contributed by atoms with E-state index in [9.17, 15) is 0 Å². The number of fused-ring (bicyclic) bond motifs is 6. The minimum absolute atomic E-state index is 0.927. The van der Waals surface area contributed by atoms with Gasteiger partial charge in [0.15, 0.2) is 11.5 Å². The summed E-state index contributed by atoms with van der Waals surface area (Å²) in [7, 11) is 0. The van der Waals surface area contributed by atoms with Gasteiger partial charge in [0.1, 0.15) is 0 Å². The molecular weight excluding hydrogens is 583 g/mol. The number of hydrogen-bond acceptors (Lipinski definition) is 2. The first-order valence-corrected chi connectivity index (χ1v) is 17.3. The van der Waals surface area contributed by atoms with Crippen LogP contribution in [0.5, 0.6) is 11.5 Å². The van der Waals surface area contributed by atoms with Crippen LogP contribution in [0.3, 0.4) is 0 Å². The summed E-state index contributed by atoms with van der Waals surface area (Å²) in [6, 6.07) is 53.4. The van der Waals surface area contributed by atoms with Crippen molar-refractivity contribution in [3.63, 3.8) is 0 Å². The maximum Gasteiger partial charge on any atom is 0.151 e. The van der Waals surface area contributed by atoms with Crippen LogP contribution in [0.2, 0.25) is 0 Å². The smallest absolute Gasteiger partial charge is 0.151 e. The summed E-state index contributed by atoms with van der Waals surface area (Å²) < 4.78 is 6.74. The topological polar surface area (TPSA) is 12.5 Å². The van der Waals surface area contributed by atoms with E-state index in [1.54, 1.807) is 0 Å². The van der Waals surface area contributed by atoms with E-state index in [2.05, 4.69) is 157 Å². The van der Waals surface area contributed by atoms with Gasteiger partial charge in [-0.2, -0.15) is 0 Å². The fraction of sp³-hybridized carbons (Fsp3) is 0.130. The van der Waals surface area contributed by atoms with Crippen molar-refractivity contribution in [1.82, 2.24) is 0 Å². The number of hydrogen-bond donors (Lipinski definition) is 0. The maximum atomic E-state index is 6.74. The zero-order valence-electron chi connectivity index (χ0n) is 27.2. The third kappa shape index (κ3) is 5.15. The van der Waals surface area contributed by atoms with E-state index in [4.69, 9.17) is 4.74 Å². The third-order valence-electron chi connectivity index (χ3n) is 10.0. The Morgan fingerprint density at radius 2 is 0.812 bits per heavy atom. The van der Waals surface area contributed by atoms with Gasteiger partial charge in [0.2, 0.25) is 0 Å². The molecule has 48 heavy (non-hydrogen) atoms. The Hall–Kier alpha value is -5.60. The van der Waals surface area contributed by atoms with Crippen molar-refractivity contribution in [3.05, 3.63) is 146 Å². The van der Waals surface area contributed by atoms with E-state index >= 15 is 0 Å². The lowest BCUT2D eigenvalue weighted by Gasteiger charge is -2.33. The zero-order chi connectivity index (χ0) is 32.0. The second kappa shape index (κ2) is 11.9. The minimum Gasteiger partial charge on any atom is -0.453 e. The molecule has 0 N–H and O–H groups in total. The van der Waals surface area contributed by atoms with Gasteiger partial charge in [-0.15, -0.1) is 0 Å². The number of ether oxygens (including phenoxy) is 1. The third-order valence-corrected chi connectivity index (χ3v) is 10.0. The summed E-state index contributed by atoms with van der Waals surface area (Å²) in [6.07, 6.45) is 4.83. The Morgan fingerprint density at radius 1 is 0.396 bits per heavy atom. The summed E-state index contributed by atoms with van der Waals surface area (Å²) >= 11 is 0. The van der Waals surface area contributed by atoms with Crippen molar-refractivity contribution < 1.29 is 4.74 Å². The fourth-order valence-electron chi connectivity index (χ4n) is 7.40. The molecule has 9 rings (SSSR count). The van der Waals surface area contributed by atoms with E-state index in [-0.39, 0.29) is 0 Å². The average Bonchev–Trinajstić information content (AvgIpc) is 3.14. The average molecular weight is 620 g/mol. The Balaban J connectivity index is 1.13. The predicted octanol–water partition coefficient (Wildman–Crippen LogP) is 13.5. The van der Waals surface area contributed by atoms with Gasteiger partial charge in [-0.3, -0.25) is 0 Å². The monoisotopic (exact) mass is 619 g/mol. The van der Waals surface area contributed by atoms with Crippen molar-refractivity contribution in [2.24, 2.45) is 0 Å². The van der Waals surface area contributed by atoms with Crippen LogP contribution >= 0.6 is 0 Å². The predicted molar refractivity (Wildman–Crippen MR) is 205 cm³/mol. The second-order valence-corrected chi connectivity index (χ2v) is 13.2. The fourth-order valence-corrected chi connectivity index (χ4v) is 7.40. The van der Waals surface area contributed by atoms with E-state index in [1.165, 1.54) is 84.6 Å². The maximum absolute atomic E-state index is 6.74. The van der Waals surface area contributed by atoms with Crippen LogP contribution in [-0.4, -0.2) is 6.54 Å². The van der Waals surface area contributed by atoms with Crippen molar-refractivity contribution in [2.45, 2.75) is 32.6 Å². The number of nitrogens with zero attached hydrogens (tertiary/aromatic N) is 1. The van der Waals surface area contributed by atoms with Gasteiger partial charge in [-0.25, -0.2) is 0 Å². The van der Waals surface area contributed by atoms with Gasteiger partial charge in [0.25, 0.3) is 0 Å². The van der Waals surface area contributed by atoms with E-state index in [1.807, 2.05) is 0 Å². The van der Waals surface area contributed by atoms with Crippen molar-refractivity contribution in [2.75, 3.05) is 11.4 Å². The summed E-state index contributed by atoms with van der Waals surface area (Å²) in [6.45, 7) is 3.23. The van der Waals surface area contributed by atoms with Crippen molar-refractivity contribution in [1.29, 1.82) is 0 Å². The molecule has 1 heterocycles. The van der Waals surface area contributed by atoms with Gasteiger partial charge in [-0.05, 0) is 120 Å². The van der Waals surface area contributed by atoms with Crippen LogP contribution in [0, 0.1) is 0 Å². The van der Waals surface area contributed by atoms with Crippen LogP contribution in [0.1, 0.15) is 32.6 Å². The first kappa shape index (κ1) is 28.6. The molecule has 0 amide bonds. The lowest BCUT2D eigenvalue weighted by molar-refractivity contribution is 0.473. The molecule has 0 spiro atoms. The van der Waals surface area contributed by atoms with Crippen molar-refractivity contribution in [3.8, 4) is 33.8 Å². The molecule has 2 heteroatoms. The molecule has 1 aliphatic rings. The van der Waals surface area contributed by atoms with Gasteiger partial charge in [-0.1, -0.05) is 123 Å². The molecule has 0 aliphatic carbocycles. The normalized spacial score (nSPS) is 12.4. The molecule has 0 atom stereocenters. The minimum atomic E-state index is 0.927. The van der Waals surface area contributed by atoms with E-state index in [0.29, 0.717) is 0 Å². The number of unbranched alkanes of at least 4 members (excludes halogenated alkanes) is 3. The molecule has 2 nitrogen and oxygen atoms in total. The molecule has 1 aliphatic heterocycles. The summed E-state index contributed by atoms with van der Waals surface area (Å²) in [5.74, 6) is 1.85. The summed E-state index contributed by atoms with van der Waals surface area (Å²) in [5, 5.41) is 9.89. The lowest BCUT2D eigenvalue weighted by atomic mass is 9.97. The Labute approximate surface area is 281 Å². The molecule has 0 saturated heterocycles. The standard InChI is InChI=1S/C46H37NO/c1-2-3-4-9-22-47-43-27-41-25-37(35-16-14-31-10-5-7-12-33(31)23-35)18-20-39(41)29-45(43)48-46-30-40-21-19-38(26-42(40)28-44(46)47)36-17-15-32-11-6-8-13-34(32)24-36/h5-8,10-21,23-30H,2-4,9,22H2,1H3. The molecule has 8 aromatic rings. The lowest BCUT2D eigenvalue weighted by Crippen LogP contribution is -2.22. The van der Waals surface area contributed by atoms with Crippen LogP contribution in [0.25, 0.3) is 65.3 Å². The van der Waals surface area contributed by atoms with Crippen LogP contribution < -0.4 is 9.64 Å². The van der Waals surface area contributed by atoms with Gasteiger partial charge in [0.05, 0.1) is 11.4 Å². The molecule has 0 radical (unpaired) electrons. The molecule has 232 valence electrons. The molecule has 8 aromatic carbocycles. The van der Waals surface area contributed by atoms with Gasteiger partial charge in [0, 0.05) is 6.54 Å².